The molecule has 0 aliphatic heterocycles. The number of halogens is 3. The zero-order valence-electron chi connectivity index (χ0n) is 11.1. The van der Waals surface area contributed by atoms with Crippen molar-refractivity contribution < 1.29 is 28.6 Å². The number of carbonyl (C=O) groups is 3. The molecule has 0 saturated heterocycles. The van der Waals surface area contributed by atoms with E-state index in [0.717, 1.165) is 6.42 Å². The van der Waals surface area contributed by atoms with Crippen LogP contribution >= 0.6 is 34.8 Å². The second-order valence-corrected chi connectivity index (χ2v) is 5.74. The summed E-state index contributed by atoms with van der Waals surface area (Å²) in [5.41, 5.74) is 0. The summed E-state index contributed by atoms with van der Waals surface area (Å²) in [4.78, 5) is 32.4. The van der Waals surface area contributed by atoms with E-state index in [0.29, 0.717) is 12.8 Å². The van der Waals surface area contributed by atoms with Crippen LogP contribution in [0.4, 0.5) is 0 Å². The molecule has 0 radical (unpaired) electrons. The molecular weight excluding hydrogens is 346 g/mol. The SMILES string of the molecule is O=C(Cl)COC1CCCC(OCC(=O)Cl)C1OCC(=O)Cl. The zero-order chi connectivity index (χ0) is 15.8. The Morgan fingerprint density at radius 2 is 1.14 bits per heavy atom. The fourth-order valence-corrected chi connectivity index (χ4v) is 2.35. The van der Waals surface area contributed by atoms with Crippen molar-refractivity contribution in [1.82, 2.24) is 0 Å². The first-order valence-electron chi connectivity index (χ1n) is 6.30. The van der Waals surface area contributed by atoms with Gasteiger partial charge in [-0.25, -0.2) is 0 Å². The van der Waals surface area contributed by atoms with E-state index in [-0.39, 0.29) is 19.8 Å². The molecule has 1 aliphatic carbocycles. The van der Waals surface area contributed by atoms with Gasteiger partial charge in [0.1, 0.15) is 25.9 Å². The molecule has 1 aliphatic rings. The molecule has 0 aromatic rings. The van der Waals surface area contributed by atoms with Crippen LogP contribution in [0.1, 0.15) is 19.3 Å². The topological polar surface area (TPSA) is 78.9 Å². The quantitative estimate of drug-likeness (QED) is 0.581. The highest BCUT2D eigenvalue weighted by Crippen LogP contribution is 2.27. The van der Waals surface area contributed by atoms with E-state index in [9.17, 15) is 14.4 Å². The van der Waals surface area contributed by atoms with Crippen LogP contribution in [0.25, 0.3) is 0 Å². The van der Waals surface area contributed by atoms with Gasteiger partial charge in [0.25, 0.3) is 0 Å². The standard InChI is InChI=1S/C12H15Cl3O6/c13-9(16)4-19-7-2-1-3-8(20-5-10(14)17)12(7)21-6-11(15)18/h7-8,12H,1-6H2. The molecule has 6 nitrogen and oxygen atoms in total. The van der Waals surface area contributed by atoms with Crippen LogP contribution < -0.4 is 0 Å². The maximum Gasteiger partial charge on any atom is 0.247 e. The molecule has 0 bridgehead atoms. The Balaban J connectivity index is 2.66. The minimum absolute atomic E-state index is 0.276. The van der Waals surface area contributed by atoms with Gasteiger partial charge in [-0.1, -0.05) is 0 Å². The number of hydrogen-bond donors (Lipinski definition) is 0. The van der Waals surface area contributed by atoms with Crippen molar-refractivity contribution in [2.75, 3.05) is 19.8 Å². The first kappa shape index (κ1) is 18.8. The second kappa shape index (κ2) is 9.71. The van der Waals surface area contributed by atoms with E-state index in [2.05, 4.69) is 0 Å². The van der Waals surface area contributed by atoms with Crippen LogP contribution in [0.3, 0.4) is 0 Å². The summed E-state index contributed by atoms with van der Waals surface area (Å²) in [6.45, 7) is -0.875. The van der Waals surface area contributed by atoms with E-state index in [1.165, 1.54) is 0 Å². The predicted molar refractivity (Wildman–Crippen MR) is 75.7 cm³/mol. The van der Waals surface area contributed by atoms with Gasteiger partial charge < -0.3 is 14.2 Å². The molecule has 21 heavy (non-hydrogen) atoms. The summed E-state index contributed by atoms with van der Waals surface area (Å²) in [6, 6.07) is 0. The first-order valence-corrected chi connectivity index (χ1v) is 7.43. The average Bonchev–Trinajstić information content (AvgIpc) is 2.40. The normalized spacial score (nSPS) is 25.6. The first-order chi connectivity index (χ1) is 9.90. The molecule has 0 amide bonds. The van der Waals surface area contributed by atoms with Gasteiger partial charge in [-0.2, -0.15) is 0 Å². The van der Waals surface area contributed by atoms with Gasteiger partial charge in [0.15, 0.2) is 0 Å². The van der Waals surface area contributed by atoms with E-state index in [1.807, 2.05) is 0 Å². The monoisotopic (exact) mass is 360 g/mol. The Bertz CT molecular complexity index is 363. The van der Waals surface area contributed by atoms with Gasteiger partial charge >= 0.3 is 0 Å². The van der Waals surface area contributed by atoms with Crippen molar-refractivity contribution in [2.24, 2.45) is 0 Å². The van der Waals surface area contributed by atoms with Gasteiger partial charge in [-0.05, 0) is 54.1 Å². The molecule has 0 heterocycles. The van der Waals surface area contributed by atoms with Crippen LogP contribution in [-0.4, -0.2) is 53.9 Å². The molecule has 9 heteroatoms. The molecule has 0 spiro atoms. The Labute approximate surface area is 136 Å². The van der Waals surface area contributed by atoms with Gasteiger partial charge in [-0.3, -0.25) is 14.4 Å². The third-order valence-electron chi connectivity index (χ3n) is 2.92. The van der Waals surface area contributed by atoms with Crippen LogP contribution in [0.15, 0.2) is 0 Å². The number of ether oxygens (including phenoxy) is 3. The lowest BCUT2D eigenvalue weighted by Crippen LogP contribution is -2.47. The predicted octanol–water partition coefficient (Wildman–Crippen LogP) is 1.62. The summed E-state index contributed by atoms with van der Waals surface area (Å²) in [5.74, 6) is 0. The summed E-state index contributed by atoms with van der Waals surface area (Å²) in [5, 5.41) is -1.94. The summed E-state index contributed by atoms with van der Waals surface area (Å²) >= 11 is 15.7. The van der Waals surface area contributed by atoms with Crippen molar-refractivity contribution in [3.8, 4) is 0 Å². The lowest BCUT2D eigenvalue weighted by Gasteiger charge is -2.36. The van der Waals surface area contributed by atoms with Gasteiger partial charge in [0, 0.05) is 0 Å². The molecular formula is C12H15Cl3O6. The third-order valence-corrected chi connectivity index (χ3v) is 3.25. The summed E-state index contributed by atoms with van der Waals surface area (Å²) in [7, 11) is 0. The van der Waals surface area contributed by atoms with E-state index >= 15 is 0 Å². The highest BCUT2D eigenvalue weighted by molar-refractivity contribution is 6.64. The maximum absolute atomic E-state index is 10.8. The number of rotatable bonds is 9. The Morgan fingerprint density at radius 3 is 1.52 bits per heavy atom. The van der Waals surface area contributed by atoms with E-state index in [4.69, 9.17) is 49.0 Å². The zero-order valence-corrected chi connectivity index (χ0v) is 13.3. The number of carbonyl (C=O) groups excluding carboxylic acids is 3. The smallest absolute Gasteiger partial charge is 0.247 e. The minimum Gasteiger partial charge on any atom is -0.366 e. The van der Waals surface area contributed by atoms with E-state index < -0.39 is 34.0 Å². The van der Waals surface area contributed by atoms with Crippen LogP contribution in [0.2, 0.25) is 0 Å². The van der Waals surface area contributed by atoms with Gasteiger partial charge in [0.05, 0.1) is 12.2 Å². The van der Waals surface area contributed by atoms with Gasteiger partial charge in [-0.15, -0.1) is 0 Å². The van der Waals surface area contributed by atoms with Crippen LogP contribution in [0.5, 0.6) is 0 Å². The molecule has 2 unspecified atom stereocenters. The largest absolute Gasteiger partial charge is 0.366 e. The van der Waals surface area contributed by atoms with Crippen molar-refractivity contribution in [3.63, 3.8) is 0 Å². The summed E-state index contributed by atoms with van der Waals surface area (Å²) in [6.07, 6.45) is 0.381. The van der Waals surface area contributed by atoms with Crippen molar-refractivity contribution in [1.29, 1.82) is 0 Å². The maximum atomic E-state index is 10.8. The van der Waals surface area contributed by atoms with E-state index in [1.54, 1.807) is 0 Å². The Morgan fingerprint density at radius 1 is 0.762 bits per heavy atom. The lowest BCUT2D eigenvalue weighted by atomic mass is 9.91. The Hall–Kier alpha value is -0.240. The minimum atomic E-state index is -0.667. The number of hydrogen-bond acceptors (Lipinski definition) is 6. The molecule has 1 saturated carbocycles. The fourth-order valence-electron chi connectivity index (χ4n) is 2.17. The van der Waals surface area contributed by atoms with Crippen molar-refractivity contribution >= 4 is 50.5 Å². The third kappa shape index (κ3) is 7.54. The molecule has 1 fully saturated rings. The molecule has 0 aromatic carbocycles. The summed E-state index contributed by atoms with van der Waals surface area (Å²) < 4.78 is 16.1. The Kier molecular flexibility index (Phi) is 8.70. The highest BCUT2D eigenvalue weighted by Gasteiger charge is 2.36. The van der Waals surface area contributed by atoms with Gasteiger partial charge in [0.2, 0.25) is 15.7 Å². The van der Waals surface area contributed by atoms with Crippen LogP contribution in [0, 0.1) is 0 Å². The second-order valence-electron chi connectivity index (χ2n) is 4.47. The molecule has 0 aromatic heterocycles. The van der Waals surface area contributed by atoms with Crippen molar-refractivity contribution in [2.45, 2.75) is 37.6 Å². The molecule has 120 valence electrons. The average molecular weight is 362 g/mol. The molecule has 0 N–H and O–H groups in total. The molecule has 1 rings (SSSR count). The lowest BCUT2D eigenvalue weighted by molar-refractivity contribution is -0.164. The van der Waals surface area contributed by atoms with Crippen molar-refractivity contribution in [3.05, 3.63) is 0 Å². The highest BCUT2D eigenvalue weighted by atomic mass is 35.5. The fraction of sp³-hybridized carbons (Fsp3) is 0.750. The van der Waals surface area contributed by atoms with Crippen LogP contribution in [-0.2, 0) is 28.6 Å². The molecule has 2 atom stereocenters.